The minimum atomic E-state index is -0.283. The van der Waals surface area contributed by atoms with Crippen molar-refractivity contribution < 1.29 is 14.0 Å². The first-order valence-electron chi connectivity index (χ1n) is 11.3. The lowest BCUT2D eigenvalue weighted by Gasteiger charge is -2.44. The van der Waals surface area contributed by atoms with Gasteiger partial charge in [0.2, 0.25) is 5.91 Å². The molecule has 32 heavy (non-hydrogen) atoms. The van der Waals surface area contributed by atoms with Gasteiger partial charge in [-0.2, -0.15) is 0 Å². The molecule has 0 radical (unpaired) electrons. The highest BCUT2D eigenvalue weighted by Gasteiger charge is 2.33. The van der Waals surface area contributed by atoms with Crippen LogP contribution in [0, 0.1) is 12.7 Å². The molecule has 0 aliphatic carbocycles. The van der Waals surface area contributed by atoms with Gasteiger partial charge in [-0.25, -0.2) is 14.4 Å². The predicted octanol–water partition coefficient (Wildman–Crippen LogP) is 3.05. The van der Waals surface area contributed by atoms with Crippen molar-refractivity contribution in [2.24, 2.45) is 0 Å². The van der Waals surface area contributed by atoms with E-state index in [0.717, 1.165) is 51.9 Å². The van der Waals surface area contributed by atoms with Crippen LogP contribution in [0.2, 0.25) is 0 Å². The first-order chi connectivity index (χ1) is 15.5. The average Bonchev–Trinajstić information content (AvgIpc) is 2.82. The van der Waals surface area contributed by atoms with Gasteiger partial charge in [0, 0.05) is 68.8 Å². The lowest BCUT2D eigenvalue weighted by molar-refractivity contribution is -0.117. The monoisotopic (exact) mass is 439 g/mol. The second kappa shape index (κ2) is 9.73. The third-order valence-corrected chi connectivity index (χ3v) is 6.78. The fourth-order valence-corrected chi connectivity index (χ4v) is 5.02. The number of likely N-dealkylation sites (tertiary alicyclic amines) is 2. The van der Waals surface area contributed by atoms with E-state index >= 15 is 0 Å². The highest BCUT2D eigenvalue weighted by atomic mass is 19.1. The molecule has 0 spiro atoms. The van der Waals surface area contributed by atoms with Crippen LogP contribution >= 0.6 is 0 Å². The predicted molar refractivity (Wildman–Crippen MR) is 120 cm³/mol. The summed E-state index contributed by atoms with van der Waals surface area (Å²) in [6.07, 6.45) is 8.13. The molecule has 4 rings (SSSR count). The Kier molecular flexibility index (Phi) is 6.79. The van der Waals surface area contributed by atoms with Crippen LogP contribution in [0.15, 0.2) is 36.9 Å². The van der Waals surface area contributed by atoms with E-state index in [1.54, 1.807) is 37.2 Å². The number of benzene rings is 1. The summed E-state index contributed by atoms with van der Waals surface area (Å²) >= 11 is 0. The molecule has 7 nitrogen and oxygen atoms in total. The number of hydrogen-bond donors (Lipinski definition) is 0. The molecule has 2 saturated heterocycles. The number of aromatic nitrogens is 2. The van der Waals surface area contributed by atoms with Crippen LogP contribution in [0.5, 0.6) is 0 Å². The zero-order valence-electron chi connectivity index (χ0n) is 18.7. The number of rotatable bonds is 4. The molecule has 0 unspecified atom stereocenters. The molecule has 1 aromatic carbocycles. The maximum absolute atomic E-state index is 14.1. The SMILES string of the molecule is CC(=O)N(c1cccc(F)c1C)C1CCN(C2CCN(C(=O)c3cncnc3)CC2)CC1. The topological polar surface area (TPSA) is 69.6 Å². The number of anilines is 1. The summed E-state index contributed by atoms with van der Waals surface area (Å²) in [5, 5.41) is 0. The number of carbonyl (C=O) groups is 2. The van der Waals surface area contributed by atoms with Crippen LogP contribution in [0.3, 0.4) is 0 Å². The summed E-state index contributed by atoms with van der Waals surface area (Å²) in [5.74, 6) is -0.339. The maximum Gasteiger partial charge on any atom is 0.256 e. The highest BCUT2D eigenvalue weighted by Crippen LogP contribution is 2.30. The second-order valence-corrected chi connectivity index (χ2v) is 8.69. The third kappa shape index (κ3) is 4.65. The van der Waals surface area contributed by atoms with Crippen molar-refractivity contribution >= 4 is 17.5 Å². The van der Waals surface area contributed by atoms with Crippen molar-refractivity contribution in [1.82, 2.24) is 19.8 Å². The molecule has 0 N–H and O–H groups in total. The molecule has 0 atom stereocenters. The van der Waals surface area contributed by atoms with Gasteiger partial charge in [-0.1, -0.05) is 6.07 Å². The van der Waals surface area contributed by atoms with Crippen LogP contribution < -0.4 is 4.90 Å². The van der Waals surface area contributed by atoms with Gasteiger partial charge in [-0.05, 0) is 44.7 Å². The van der Waals surface area contributed by atoms with E-state index in [9.17, 15) is 14.0 Å². The number of nitrogens with zero attached hydrogens (tertiary/aromatic N) is 5. The van der Waals surface area contributed by atoms with Gasteiger partial charge in [0.05, 0.1) is 5.56 Å². The van der Waals surface area contributed by atoms with E-state index in [0.29, 0.717) is 22.9 Å². The van der Waals surface area contributed by atoms with Gasteiger partial charge in [0.1, 0.15) is 12.1 Å². The number of hydrogen-bond acceptors (Lipinski definition) is 5. The minimum Gasteiger partial charge on any atom is -0.338 e. The van der Waals surface area contributed by atoms with Crippen LogP contribution in [0.25, 0.3) is 0 Å². The summed E-state index contributed by atoms with van der Waals surface area (Å²) in [6, 6.07) is 5.44. The third-order valence-electron chi connectivity index (χ3n) is 6.78. The zero-order valence-corrected chi connectivity index (χ0v) is 18.7. The molecular formula is C24H30FN5O2. The van der Waals surface area contributed by atoms with Crippen LogP contribution in [0.4, 0.5) is 10.1 Å². The number of carbonyl (C=O) groups excluding carboxylic acids is 2. The quantitative estimate of drug-likeness (QED) is 0.733. The molecule has 2 fully saturated rings. The van der Waals surface area contributed by atoms with Crippen LogP contribution in [-0.2, 0) is 4.79 Å². The van der Waals surface area contributed by atoms with Crippen molar-refractivity contribution in [3.05, 3.63) is 53.9 Å². The minimum absolute atomic E-state index is 0.00896. The fourth-order valence-electron chi connectivity index (χ4n) is 5.02. The second-order valence-electron chi connectivity index (χ2n) is 8.69. The molecule has 0 bridgehead atoms. The number of piperidine rings is 2. The van der Waals surface area contributed by atoms with Crippen molar-refractivity contribution in [3.8, 4) is 0 Å². The Balaban J connectivity index is 1.33. The molecule has 2 amide bonds. The molecule has 3 heterocycles. The Morgan fingerprint density at radius 3 is 2.31 bits per heavy atom. The van der Waals surface area contributed by atoms with Gasteiger partial charge in [0.15, 0.2) is 0 Å². The standard InChI is InChI=1S/C24H30FN5O2/c1-17-22(25)4-3-5-23(17)30(18(2)31)21-8-10-28(11-9-21)20-6-12-29(13-7-20)24(32)19-14-26-16-27-15-19/h3-5,14-16,20-21H,6-13H2,1-2H3. The van der Waals surface area contributed by atoms with Crippen LogP contribution in [-0.4, -0.2) is 69.8 Å². The van der Waals surface area contributed by atoms with Gasteiger partial charge in [0.25, 0.3) is 5.91 Å². The maximum atomic E-state index is 14.1. The lowest BCUT2D eigenvalue weighted by Crippen LogP contribution is -2.52. The first kappa shape index (κ1) is 22.3. The van der Waals surface area contributed by atoms with Gasteiger partial charge >= 0.3 is 0 Å². The molecular weight excluding hydrogens is 409 g/mol. The Labute approximate surface area is 188 Å². The van der Waals surface area contributed by atoms with Crippen molar-refractivity contribution in [2.75, 3.05) is 31.1 Å². The van der Waals surface area contributed by atoms with E-state index in [-0.39, 0.29) is 23.7 Å². The van der Waals surface area contributed by atoms with Crippen molar-refractivity contribution in [1.29, 1.82) is 0 Å². The molecule has 8 heteroatoms. The normalized spacial score (nSPS) is 18.5. The Bertz CT molecular complexity index is 954. The molecule has 1 aromatic heterocycles. The Morgan fingerprint density at radius 2 is 1.69 bits per heavy atom. The zero-order chi connectivity index (χ0) is 22.7. The van der Waals surface area contributed by atoms with E-state index in [2.05, 4.69) is 14.9 Å². The highest BCUT2D eigenvalue weighted by molar-refractivity contribution is 5.94. The van der Waals surface area contributed by atoms with E-state index in [1.807, 2.05) is 11.0 Å². The fraction of sp³-hybridized carbons (Fsp3) is 0.500. The molecule has 2 aliphatic heterocycles. The summed E-state index contributed by atoms with van der Waals surface area (Å²) in [5.41, 5.74) is 1.72. The van der Waals surface area contributed by atoms with Gasteiger partial charge in [-0.15, -0.1) is 0 Å². The van der Waals surface area contributed by atoms with Gasteiger partial charge in [-0.3, -0.25) is 9.59 Å². The molecule has 2 aliphatic rings. The average molecular weight is 440 g/mol. The molecule has 170 valence electrons. The molecule has 2 aromatic rings. The van der Waals surface area contributed by atoms with E-state index in [4.69, 9.17) is 0 Å². The van der Waals surface area contributed by atoms with E-state index < -0.39 is 0 Å². The van der Waals surface area contributed by atoms with Gasteiger partial charge < -0.3 is 14.7 Å². The number of halogens is 1. The first-order valence-corrected chi connectivity index (χ1v) is 11.3. The summed E-state index contributed by atoms with van der Waals surface area (Å²) < 4.78 is 14.1. The lowest BCUT2D eigenvalue weighted by atomic mass is 9.96. The number of amides is 2. The summed E-state index contributed by atoms with van der Waals surface area (Å²) in [4.78, 5) is 39.1. The van der Waals surface area contributed by atoms with Crippen molar-refractivity contribution in [2.45, 2.75) is 51.6 Å². The van der Waals surface area contributed by atoms with E-state index in [1.165, 1.54) is 12.4 Å². The smallest absolute Gasteiger partial charge is 0.256 e. The summed E-state index contributed by atoms with van der Waals surface area (Å²) in [7, 11) is 0. The Hall–Kier alpha value is -2.87. The Morgan fingerprint density at radius 1 is 1.03 bits per heavy atom. The largest absolute Gasteiger partial charge is 0.338 e. The summed E-state index contributed by atoms with van der Waals surface area (Å²) in [6.45, 7) is 6.52. The van der Waals surface area contributed by atoms with Crippen molar-refractivity contribution in [3.63, 3.8) is 0 Å². The molecule has 0 saturated carbocycles. The van der Waals surface area contributed by atoms with Crippen LogP contribution in [0.1, 0.15) is 48.5 Å².